The molecular formula is C5H7ClN2S2. The van der Waals surface area contributed by atoms with Crippen molar-refractivity contribution in [1.82, 2.24) is 4.37 Å². The minimum absolute atomic E-state index is 0.761. The van der Waals surface area contributed by atoms with Gasteiger partial charge in [-0.2, -0.15) is 4.37 Å². The summed E-state index contributed by atoms with van der Waals surface area (Å²) in [7, 11) is 1.84. The zero-order chi connectivity index (χ0) is 7.56. The number of nitrogens with one attached hydrogen (secondary N) is 1. The van der Waals surface area contributed by atoms with Crippen LogP contribution in [0.25, 0.3) is 0 Å². The Hall–Kier alpha value is 0.0700. The highest BCUT2D eigenvalue weighted by atomic mass is 35.5. The molecule has 56 valence electrons. The van der Waals surface area contributed by atoms with E-state index in [4.69, 9.17) is 11.6 Å². The lowest BCUT2D eigenvalue weighted by molar-refractivity contribution is 1.35. The fourth-order valence-electron chi connectivity index (χ4n) is 0.598. The summed E-state index contributed by atoms with van der Waals surface area (Å²) in [5.74, 6) is 0.877. The molecule has 0 bridgehead atoms. The molecular weight excluding hydrogens is 188 g/mol. The van der Waals surface area contributed by atoms with Crippen LogP contribution in [0.1, 0.15) is 0 Å². The summed E-state index contributed by atoms with van der Waals surface area (Å²) >= 11 is 8.74. The van der Waals surface area contributed by atoms with Crippen LogP contribution in [0.15, 0.2) is 4.90 Å². The first-order valence-electron chi connectivity index (χ1n) is 2.66. The van der Waals surface area contributed by atoms with Crippen LogP contribution < -0.4 is 5.32 Å². The Kier molecular flexibility index (Phi) is 2.82. The number of hydrogen-bond donors (Lipinski definition) is 1. The smallest absolute Gasteiger partial charge is 0.154 e. The summed E-state index contributed by atoms with van der Waals surface area (Å²) in [6, 6.07) is 0. The zero-order valence-corrected chi connectivity index (χ0v) is 8.03. The molecule has 1 aromatic rings. The van der Waals surface area contributed by atoms with E-state index in [2.05, 4.69) is 9.69 Å². The number of rotatable bonds is 2. The average molecular weight is 195 g/mol. The largest absolute Gasteiger partial charge is 0.371 e. The molecule has 0 atom stereocenters. The summed E-state index contributed by atoms with van der Waals surface area (Å²) in [4.78, 5) is 1.04. The topological polar surface area (TPSA) is 24.9 Å². The van der Waals surface area contributed by atoms with Gasteiger partial charge in [0.1, 0.15) is 4.34 Å². The Balaban J connectivity index is 3.01. The van der Waals surface area contributed by atoms with Gasteiger partial charge in [0.05, 0.1) is 4.90 Å². The van der Waals surface area contributed by atoms with Gasteiger partial charge >= 0.3 is 0 Å². The fourth-order valence-corrected chi connectivity index (χ4v) is 2.48. The Bertz CT molecular complexity index is 223. The van der Waals surface area contributed by atoms with Crippen molar-refractivity contribution in [3.05, 3.63) is 4.34 Å². The molecule has 1 heterocycles. The molecule has 0 aromatic carbocycles. The molecule has 0 unspecified atom stereocenters. The number of anilines is 1. The van der Waals surface area contributed by atoms with E-state index in [-0.39, 0.29) is 0 Å². The van der Waals surface area contributed by atoms with E-state index in [0.717, 1.165) is 15.0 Å². The molecule has 0 saturated heterocycles. The molecule has 0 aliphatic carbocycles. The van der Waals surface area contributed by atoms with Crippen molar-refractivity contribution >= 4 is 40.7 Å². The third-order valence-corrected chi connectivity index (χ3v) is 3.13. The number of aromatic nitrogens is 1. The summed E-state index contributed by atoms with van der Waals surface area (Å²) in [6.45, 7) is 0. The lowest BCUT2D eigenvalue weighted by Crippen LogP contribution is -1.87. The van der Waals surface area contributed by atoms with Crippen molar-refractivity contribution in [2.75, 3.05) is 18.6 Å². The van der Waals surface area contributed by atoms with Crippen molar-refractivity contribution in [2.45, 2.75) is 4.90 Å². The zero-order valence-electron chi connectivity index (χ0n) is 5.64. The van der Waals surface area contributed by atoms with Crippen molar-refractivity contribution in [3.63, 3.8) is 0 Å². The average Bonchev–Trinajstić information content (AvgIpc) is 2.30. The van der Waals surface area contributed by atoms with Gasteiger partial charge in [0.25, 0.3) is 0 Å². The first-order chi connectivity index (χ1) is 4.79. The fraction of sp³-hybridized carbons (Fsp3) is 0.400. The molecule has 1 aromatic heterocycles. The number of hydrogen-bond acceptors (Lipinski definition) is 4. The number of nitrogens with zero attached hydrogens (tertiary/aromatic N) is 1. The summed E-state index contributed by atoms with van der Waals surface area (Å²) < 4.78 is 4.84. The van der Waals surface area contributed by atoms with Gasteiger partial charge in [-0.15, -0.1) is 11.8 Å². The molecule has 2 nitrogen and oxygen atoms in total. The molecule has 0 aliphatic heterocycles. The minimum atomic E-state index is 0.761. The second-order valence-corrected chi connectivity index (χ2v) is 3.78. The monoisotopic (exact) mass is 194 g/mol. The van der Waals surface area contributed by atoms with Crippen LogP contribution in [0, 0.1) is 0 Å². The van der Waals surface area contributed by atoms with Crippen molar-refractivity contribution in [2.24, 2.45) is 0 Å². The molecule has 1 rings (SSSR count). The predicted octanol–water partition coefficient (Wildman–Crippen LogP) is 2.56. The van der Waals surface area contributed by atoms with Crippen LogP contribution in [-0.4, -0.2) is 17.7 Å². The van der Waals surface area contributed by atoms with Crippen molar-refractivity contribution in [3.8, 4) is 0 Å². The van der Waals surface area contributed by atoms with Gasteiger partial charge in [0.15, 0.2) is 5.82 Å². The molecule has 10 heavy (non-hydrogen) atoms. The lowest BCUT2D eigenvalue weighted by atomic mass is 10.6. The summed E-state index contributed by atoms with van der Waals surface area (Å²) in [5.41, 5.74) is 0. The van der Waals surface area contributed by atoms with E-state index in [1.54, 1.807) is 11.8 Å². The van der Waals surface area contributed by atoms with E-state index < -0.39 is 0 Å². The molecule has 0 amide bonds. The highest BCUT2D eigenvalue weighted by Gasteiger charge is 2.08. The third kappa shape index (κ3) is 1.38. The quantitative estimate of drug-likeness (QED) is 0.733. The van der Waals surface area contributed by atoms with Crippen molar-refractivity contribution in [1.29, 1.82) is 0 Å². The van der Waals surface area contributed by atoms with Crippen molar-refractivity contribution < 1.29 is 0 Å². The van der Waals surface area contributed by atoms with Crippen LogP contribution in [0.2, 0.25) is 4.34 Å². The summed E-state index contributed by atoms with van der Waals surface area (Å²) in [5, 5.41) is 2.96. The SMILES string of the molecule is CNc1nsc(Cl)c1SC. The maximum Gasteiger partial charge on any atom is 0.154 e. The third-order valence-electron chi connectivity index (χ3n) is 1.05. The standard InChI is InChI=1S/C5H7ClN2S2/c1-7-5-3(9-2)4(6)10-8-5/h1-2H3,(H,7,8). The van der Waals surface area contributed by atoms with E-state index in [1.165, 1.54) is 11.5 Å². The first-order valence-corrected chi connectivity index (χ1v) is 5.04. The van der Waals surface area contributed by atoms with Gasteiger partial charge in [0.2, 0.25) is 0 Å². The molecule has 5 heteroatoms. The van der Waals surface area contributed by atoms with Gasteiger partial charge in [-0.1, -0.05) is 11.6 Å². The normalized spacial score (nSPS) is 9.90. The maximum atomic E-state index is 5.82. The highest BCUT2D eigenvalue weighted by Crippen LogP contribution is 2.35. The van der Waals surface area contributed by atoms with E-state index in [1.807, 2.05) is 13.3 Å². The van der Waals surface area contributed by atoms with Crippen LogP contribution in [0.5, 0.6) is 0 Å². The number of thioether (sulfide) groups is 1. The van der Waals surface area contributed by atoms with Crippen LogP contribution in [0.3, 0.4) is 0 Å². The van der Waals surface area contributed by atoms with E-state index >= 15 is 0 Å². The number of halogens is 1. The van der Waals surface area contributed by atoms with Crippen LogP contribution in [-0.2, 0) is 0 Å². The Morgan fingerprint density at radius 2 is 2.40 bits per heavy atom. The second-order valence-electron chi connectivity index (χ2n) is 1.59. The van der Waals surface area contributed by atoms with E-state index in [9.17, 15) is 0 Å². The lowest BCUT2D eigenvalue weighted by Gasteiger charge is -1.95. The van der Waals surface area contributed by atoms with Gasteiger partial charge in [0, 0.05) is 7.05 Å². The molecule has 0 aliphatic rings. The Labute approximate surface area is 73.1 Å². The molecule has 0 saturated carbocycles. The summed E-state index contributed by atoms with van der Waals surface area (Å²) in [6.07, 6.45) is 1.98. The van der Waals surface area contributed by atoms with Crippen LogP contribution in [0.4, 0.5) is 5.82 Å². The van der Waals surface area contributed by atoms with E-state index in [0.29, 0.717) is 0 Å². The predicted molar refractivity (Wildman–Crippen MR) is 48.5 cm³/mol. The first kappa shape index (κ1) is 8.17. The van der Waals surface area contributed by atoms with Crippen LogP contribution >= 0.6 is 34.9 Å². The molecule has 1 N–H and O–H groups in total. The van der Waals surface area contributed by atoms with Gasteiger partial charge in [-0.05, 0) is 17.8 Å². The van der Waals surface area contributed by atoms with Gasteiger partial charge in [-0.25, -0.2) is 0 Å². The second kappa shape index (κ2) is 3.46. The molecule has 0 fully saturated rings. The Morgan fingerprint density at radius 1 is 1.70 bits per heavy atom. The maximum absolute atomic E-state index is 5.82. The minimum Gasteiger partial charge on any atom is -0.371 e. The van der Waals surface area contributed by atoms with Gasteiger partial charge in [-0.3, -0.25) is 0 Å². The van der Waals surface area contributed by atoms with Gasteiger partial charge < -0.3 is 5.32 Å². The molecule has 0 radical (unpaired) electrons. The Morgan fingerprint density at radius 3 is 2.80 bits per heavy atom. The highest BCUT2D eigenvalue weighted by molar-refractivity contribution is 7.99. The molecule has 0 spiro atoms.